The number of ether oxygens (including phenoxy) is 1. The smallest absolute Gasteiger partial charge is 0.341 e. The normalized spacial score (nSPS) is 18.0. The Balaban J connectivity index is 1.79. The Morgan fingerprint density at radius 1 is 1.34 bits per heavy atom. The highest BCUT2D eigenvalue weighted by molar-refractivity contribution is 7.71. The van der Waals surface area contributed by atoms with Gasteiger partial charge in [0, 0.05) is 25.3 Å². The molecule has 0 amide bonds. The van der Waals surface area contributed by atoms with E-state index in [1.54, 1.807) is 4.57 Å². The summed E-state index contributed by atoms with van der Waals surface area (Å²) in [6.07, 6.45) is 3.04. The lowest BCUT2D eigenvalue weighted by molar-refractivity contribution is 0.0210. The van der Waals surface area contributed by atoms with E-state index in [0.717, 1.165) is 18.9 Å². The molecule has 2 fully saturated rings. The molecule has 9 nitrogen and oxygen atoms in total. The fourth-order valence-corrected chi connectivity index (χ4v) is 4.03. The lowest BCUT2D eigenvalue weighted by atomic mass is 10.2. The zero-order chi connectivity index (χ0) is 20.3. The molecule has 1 aliphatic heterocycles. The molecule has 0 bridgehead atoms. The molecule has 29 heavy (non-hydrogen) atoms. The van der Waals surface area contributed by atoms with Crippen LogP contribution < -0.4 is 5.43 Å². The lowest BCUT2D eigenvalue weighted by Crippen LogP contribution is -2.37. The van der Waals surface area contributed by atoms with Crippen molar-refractivity contribution < 1.29 is 19.0 Å². The number of pyridine rings is 2. The average molecular weight is 419 g/mol. The van der Waals surface area contributed by atoms with Crippen molar-refractivity contribution in [3.8, 4) is 0 Å². The predicted octanol–water partition coefficient (Wildman–Crippen LogP) is 1.64. The summed E-state index contributed by atoms with van der Waals surface area (Å²) in [5.41, 5.74) is -0.701. The minimum absolute atomic E-state index is 0.0103. The molecule has 1 saturated carbocycles. The van der Waals surface area contributed by atoms with Crippen LogP contribution in [-0.2, 0) is 11.4 Å². The van der Waals surface area contributed by atoms with Gasteiger partial charge < -0.3 is 14.4 Å². The number of rotatable bonds is 4. The van der Waals surface area contributed by atoms with E-state index < -0.39 is 17.2 Å². The molecule has 5 rings (SSSR count). The standard InChI is InChI=1S/C18H18FN5O4S/c19-13-7-11-14(25)12(17(26)27)8-22(10-1-2-10)16(11)24-15(13)20-23(18(24)29)9-21-3-5-28-6-4-21/h7-8,10H,1-6,9H2,(H,26,27). The van der Waals surface area contributed by atoms with Gasteiger partial charge in [0.25, 0.3) is 0 Å². The third-order valence-corrected chi connectivity index (χ3v) is 5.78. The van der Waals surface area contributed by atoms with E-state index in [0.29, 0.717) is 38.6 Å². The Hall–Kier alpha value is -2.63. The number of hydrogen-bond donors (Lipinski definition) is 1. The number of aromatic nitrogens is 4. The van der Waals surface area contributed by atoms with Gasteiger partial charge in [0.2, 0.25) is 10.2 Å². The summed E-state index contributed by atoms with van der Waals surface area (Å²) < 4.78 is 25.2. The highest BCUT2D eigenvalue weighted by atomic mass is 32.1. The van der Waals surface area contributed by atoms with Crippen LogP contribution >= 0.6 is 12.2 Å². The van der Waals surface area contributed by atoms with E-state index in [4.69, 9.17) is 17.0 Å². The molecule has 3 aromatic rings. The number of carboxylic acids is 1. The van der Waals surface area contributed by atoms with Gasteiger partial charge in [-0.2, -0.15) is 0 Å². The Morgan fingerprint density at radius 2 is 2.07 bits per heavy atom. The second kappa shape index (κ2) is 6.71. The second-order valence-corrected chi connectivity index (χ2v) is 7.72. The van der Waals surface area contributed by atoms with Crippen molar-refractivity contribution in [1.29, 1.82) is 0 Å². The fraction of sp³-hybridized carbons (Fsp3) is 0.444. The van der Waals surface area contributed by atoms with Crippen molar-refractivity contribution in [3.63, 3.8) is 0 Å². The maximum absolute atomic E-state index is 14.9. The topological polar surface area (TPSA) is 94.0 Å². The monoisotopic (exact) mass is 419 g/mol. The third kappa shape index (κ3) is 2.96. The van der Waals surface area contributed by atoms with E-state index in [9.17, 15) is 19.1 Å². The maximum Gasteiger partial charge on any atom is 0.341 e. The first kappa shape index (κ1) is 18.4. The Labute approximate surface area is 168 Å². The van der Waals surface area contributed by atoms with Crippen LogP contribution in [0.2, 0.25) is 0 Å². The molecule has 1 N–H and O–H groups in total. The summed E-state index contributed by atoms with van der Waals surface area (Å²) in [4.78, 5) is 26.4. The number of aromatic carboxylic acids is 1. The van der Waals surface area contributed by atoms with Crippen LogP contribution in [0.1, 0.15) is 29.2 Å². The Kier molecular flexibility index (Phi) is 4.26. The quantitative estimate of drug-likeness (QED) is 0.643. The highest BCUT2D eigenvalue weighted by Gasteiger charge is 2.29. The summed E-state index contributed by atoms with van der Waals surface area (Å²) in [7, 11) is 0. The zero-order valence-electron chi connectivity index (χ0n) is 15.4. The first-order chi connectivity index (χ1) is 14.0. The van der Waals surface area contributed by atoms with Gasteiger partial charge in [-0.05, 0) is 31.1 Å². The number of hydrogen-bond acceptors (Lipinski definition) is 6. The molecule has 0 radical (unpaired) electrons. The van der Waals surface area contributed by atoms with Crippen LogP contribution in [-0.4, -0.2) is 61.0 Å². The number of carbonyl (C=O) groups is 1. The number of morpholine rings is 1. The molecule has 1 aliphatic carbocycles. The van der Waals surface area contributed by atoms with Gasteiger partial charge in [0.1, 0.15) is 11.2 Å². The molecule has 1 saturated heterocycles. The first-order valence-corrected chi connectivity index (χ1v) is 9.77. The summed E-state index contributed by atoms with van der Waals surface area (Å²) in [5.74, 6) is -2.05. The molecule has 0 atom stereocenters. The molecule has 0 unspecified atom stereocenters. The van der Waals surface area contributed by atoms with Gasteiger partial charge in [-0.15, -0.1) is 5.10 Å². The van der Waals surface area contributed by atoms with E-state index in [1.165, 1.54) is 15.3 Å². The molecule has 3 aromatic heterocycles. The van der Waals surface area contributed by atoms with E-state index in [1.807, 2.05) is 0 Å². The van der Waals surface area contributed by atoms with Crippen LogP contribution in [0.25, 0.3) is 16.7 Å². The summed E-state index contributed by atoms with van der Waals surface area (Å²) in [6.45, 7) is 3.03. The second-order valence-electron chi connectivity index (χ2n) is 7.36. The number of fused-ring (bicyclic) bond motifs is 3. The zero-order valence-corrected chi connectivity index (χ0v) is 16.2. The van der Waals surface area contributed by atoms with Crippen LogP contribution in [0, 0.1) is 10.6 Å². The predicted molar refractivity (Wildman–Crippen MR) is 103 cm³/mol. The molecular weight excluding hydrogens is 401 g/mol. The van der Waals surface area contributed by atoms with Crippen LogP contribution in [0.5, 0.6) is 0 Å². The van der Waals surface area contributed by atoms with E-state index in [2.05, 4.69) is 10.00 Å². The summed E-state index contributed by atoms with van der Waals surface area (Å²) in [5, 5.41) is 13.7. The largest absolute Gasteiger partial charge is 0.477 e. The van der Waals surface area contributed by atoms with Crippen molar-refractivity contribution >= 4 is 34.9 Å². The first-order valence-electron chi connectivity index (χ1n) is 9.36. The molecule has 152 valence electrons. The molecule has 0 spiro atoms. The van der Waals surface area contributed by atoms with Gasteiger partial charge in [-0.1, -0.05) is 0 Å². The molecule has 4 heterocycles. The van der Waals surface area contributed by atoms with Gasteiger partial charge in [-0.25, -0.2) is 18.3 Å². The van der Waals surface area contributed by atoms with Crippen molar-refractivity contribution in [2.45, 2.75) is 25.6 Å². The molecule has 11 heteroatoms. The van der Waals surface area contributed by atoms with Crippen molar-refractivity contribution in [1.82, 2.24) is 23.6 Å². The summed E-state index contributed by atoms with van der Waals surface area (Å²) in [6, 6.07) is 1.12. The number of halogens is 1. The van der Waals surface area contributed by atoms with E-state index >= 15 is 0 Å². The van der Waals surface area contributed by atoms with Crippen molar-refractivity contribution in [2.75, 3.05) is 26.3 Å². The van der Waals surface area contributed by atoms with E-state index in [-0.39, 0.29) is 27.4 Å². The molecular formula is C18H18FN5O4S. The maximum atomic E-state index is 14.9. The van der Waals surface area contributed by atoms with Crippen LogP contribution in [0.4, 0.5) is 4.39 Å². The van der Waals surface area contributed by atoms with Gasteiger partial charge in [0.05, 0.1) is 25.3 Å². The molecule has 2 aliphatic rings. The van der Waals surface area contributed by atoms with Gasteiger partial charge in [-0.3, -0.25) is 9.69 Å². The van der Waals surface area contributed by atoms with Crippen LogP contribution in [0.3, 0.4) is 0 Å². The third-order valence-electron chi connectivity index (χ3n) is 5.39. The summed E-state index contributed by atoms with van der Waals surface area (Å²) >= 11 is 5.58. The Morgan fingerprint density at radius 3 is 2.72 bits per heavy atom. The van der Waals surface area contributed by atoms with Crippen molar-refractivity contribution in [3.05, 3.63) is 38.6 Å². The lowest BCUT2D eigenvalue weighted by Gasteiger charge is -2.25. The minimum atomic E-state index is -1.33. The van der Waals surface area contributed by atoms with Crippen LogP contribution in [0.15, 0.2) is 17.1 Å². The van der Waals surface area contributed by atoms with Gasteiger partial charge >= 0.3 is 5.97 Å². The highest BCUT2D eigenvalue weighted by Crippen LogP contribution is 2.37. The Bertz CT molecular complexity index is 1270. The van der Waals surface area contributed by atoms with Gasteiger partial charge in [0.15, 0.2) is 11.5 Å². The minimum Gasteiger partial charge on any atom is -0.477 e. The van der Waals surface area contributed by atoms with Crippen molar-refractivity contribution in [2.24, 2.45) is 0 Å². The SMILES string of the molecule is O=C(O)c1cn(C2CC2)c2c(cc(F)c3nn(CN4CCOCC4)c(=S)n32)c1=O. The number of carboxylic acid groups (broad SMARTS) is 1. The number of nitrogens with zero attached hydrogens (tertiary/aromatic N) is 5. The average Bonchev–Trinajstić information content (AvgIpc) is 3.49. The molecule has 0 aromatic carbocycles. The fourth-order valence-electron chi connectivity index (χ4n) is 3.76.